The topological polar surface area (TPSA) is 109 Å². The molecule has 0 aromatic rings. The van der Waals surface area contributed by atoms with Crippen molar-refractivity contribution in [2.24, 2.45) is 0 Å². The van der Waals surface area contributed by atoms with Crippen LogP contribution >= 0.6 is 0 Å². The second kappa shape index (κ2) is 3.71. The van der Waals surface area contributed by atoms with Crippen molar-refractivity contribution in [2.45, 2.75) is 18.6 Å². The zero-order valence-electron chi connectivity index (χ0n) is 7.78. The summed E-state index contributed by atoms with van der Waals surface area (Å²) >= 11 is 0. The van der Waals surface area contributed by atoms with Gasteiger partial charge in [-0.1, -0.05) is 11.6 Å². The van der Waals surface area contributed by atoms with Crippen LogP contribution in [0.5, 0.6) is 0 Å². The fourth-order valence-corrected chi connectivity index (χ4v) is 2.89. The predicted octanol–water partition coefficient (Wildman–Crippen LogP) is 0.365. The van der Waals surface area contributed by atoms with Gasteiger partial charge in [0.25, 0.3) is 20.2 Å². The van der Waals surface area contributed by atoms with Crippen molar-refractivity contribution in [3.05, 3.63) is 22.6 Å². The first-order chi connectivity index (χ1) is 6.60. The number of allylic oxidation sites excluding steroid dienone is 3. The fraction of sp³-hybridized carbons (Fsp3) is 0.429. The molecule has 0 spiro atoms. The van der Waals surface area contributed by atoms with Crippen molar-refractivity contribution in [1.82, 2.24) is 0 Å². The summed E-state index contributed by atoms with van der Waals surface area (Å²) in [5.41, 5.74) is 0.358. The maximum absolute atomic E-state index is 10.8. The van der Waals surface area contributed by atoms with Gasteiger partial charge in [0.05, 0.1) is 4.91 Å². The van der Waals surface area contributed by atoms with E-state index in [0.717, 1.165) is 6.08 Å². The molecule has 2 N–H and O–H groups in total. The molecule has 8 heteroatoms. The summed E-state index contributed by atoms with van der Waals surface area (Å²) in [4.78, 5) is -0.412. The summed E-state index contributed by atoms with van der Waals surface area (Å²) in [7, 11) is -8.75. The molecule has 86 valence electrons. The Bertz CT molecular complexity index is 522. The molecule has 0 saturated heterocycles. The minimum absolute atomic E-state index is 0.358. The van der Waals surface area contributed by atoms with Gasteiger partial charge in [0.2, 0.25) is 0 Å². The zero-order valence-corrected chi connectivity index (χ0v) is 9.42. The monoisotopic (exact) mass is 254 g/mol. The molecule has 1 atom stereocenters. The molecule has 0 aromatic heterocycles. The van der Waals surface area contributed by atoms with Crippen LogP contribution in [0.3, 0.4) is 0 Å². The van der Waals surface area contributed by atoms with E-state index in [9.17, 15) is 16.8 Å². The number of hydrogen-bond donors (Lipinski definition) is 2. The van der Waals surface area contributed by atoms with Crippen molar-refractivity contribution < 1.29 is 25.9 Å². The highest BCUT2D eigenvalue weighted by Gasteiger charge is 2.29. The van der Waals surface area contributed by atoms with E-state index in [1.807, 2.05) is 0 Å². The lowest BCUT2D eigenvalue weighted by molar-refractivity contribution is 0.472. The predicted molar refractivity (Wildman–Crippen MR) is 53.3 cm³/mol. The fourth-order valence-electron chi connectivity index (χ4n) is 1.28. The molecule has 0 aromatic carbocycles. The molecule has 0 fully saturated rings. The Hall–Kier alpha value is -0.700. The molecule has 0 saturated carbocycles. The van der Waals surface area contributed by atoms with Crippen molar-refractivity contribution in [3.63, 3.8) is 0 Å². The molecule has 1 aliphatic carbocycles. The maximum atomic E-state index is 10.8. The van der Waals surface area contributed by atoms with Crippen LogP contribution in [0.25, 0.3) is 0 Å². The zero-order chi connectivity index (χ0) is 11.9. The van der Waals surface area contributed by atoms with Crippen molar-refractivity contribution in [1.29, 1.82) is 0 Å². The van der Waals surface area contributed by atoms with E-state index >= 15 is 0 Å². The first-order valence-corrected chi connectivity index (χ1v) is 6.88. The Balaban J connectivity index is 3.17. The molecule has 1 aliphatic rings. The summed E-state index contributed by atoms with van der Waals surface area (Å²) in [6.07, 6.45) is 1.94. The van der Waals surface area contributed by atoms with Gasteiger partial charge in [0.1, 0.15) is 5.25 Å². The van der Waals surface area contributed by atoms with Crippen LogP contribution in [0.15, 0.2) is 22.6 Å². The standard InChI is InChI=1S/C7H10O6S2/c1-5-2-6(14(8,9)10)4-7(3-5)15(11,12)13/h2-3,6H,4H2,1H3,(H,8,9,10)(H,11,12,13). The van der Waals surface area contributed by atoms with Gasteiger partial charge in [0, 0.05) is 6.42 Å². The molecule has 1 rings (SSSR count). The smallest absolute Gasteiger partial charge is 0.285 e. The molecule has 0 radical (unpaired) electrons. The van der Waals surface area contributed by atoms with Gasteiger partial charge < -0.3 is 0 Å². The van der Waals surface area contributed by atoms with Gasteiger partial charge >= 0.3 is 0 Å². The van der Waals surface area contributed by atoms with Crippen LogP contribution in [0, 0.1) is 0 Å². The normalized spacial score (nSPS) is 23.3. The van der Waals surface area contributed by atoms with Crippen molar-refractivity contribution in [2.75, 3.05) is 0 Å². The second-order valence-electron chi connectivity index (χ2n) is 3.25. The Morgan fingerprint density at radius 3 is 2.20 bits per heavy atom. The summed E-state index contributed by atoms with van der Waals surface area (Å²) in [5, 5.41) is -1.32. The van der Waals surface area contributed by atoms with Crippen LogP contribution in [-0.2, 0) is 20.2 Å². The minimum atomic E-state index is -4.41. The van der Waals surface area contributed by atoms with Gasteiger partial charge in [-0.25, -0.2) is 0 Å². The van der Waals surface area contributed by atoms with Gasteiger partial charge in [-0.2, -0.15) is 16.8 Å². The third-order valence-corrected chi connectivity index (χ3v) is 3.97. The number of hydrogen-bond acceptors (Lipinski definition) is 4. The highest BCUT2D eigenvalue weighted by molar-refractivity contribution is 7.90. The summed E-state index contributed by atoms with van der Waals surface area (Å²) in [5.74, 6) is 0. The van der Waals surface area contributed by atoms with Crippen LogP contribution in [0.4, 0.5) is 0 Å². The summed E-state index contributed by atoms with van der Waals surface area (Å²) < 4.78 is 60.7. The van der Waals surface area contributed by atoms with Gasteiger partial charge in [-0.3, -0.25) is 9.11 Å². The number of rotatable bonds is 2. The highest BCUT2D eigenvalue weighted by Crippen LogP contribution is 2.25. The van der Waals surface area contributed by atoms with Crippen molar-refractivity contribution >= 4 is 20.2 Å². The molecule has 0 heterocycles. The molecule has 1 unspecified atom stereocenters. The highest BCUT2D eigenvalue weighted by atomic mass is 32.2. The Kier molecular flexibility index (Phi) is 3.06. The Morgan fingerprint density at radius 2 is 1.80 bits per heavy atom. The van der Waals surface area contributed by atoms with E-state index in [0.29, 0.717) is 5.57 Å². The molecule has 0 amide bonds. The lowest BCUT2D eigenvalue weighted by Gasteiger charge is -2.16. The van der Waals surface area contributed by atoms with Crippen LogP contribution in [0.1, 0.15) is 13.3 Å². The van der Waals surface area contributed by atoms with Gasteiger partial charge in [-0.05, 0) is 13.0 Å². The van der Waals surface area contributed by atoms with E-state index in [1.165, 1.54) is 13.0 Å². The summed E-state index contributed by atoms with van der Waals surface area (Å²) in [6.45, 7) is 1.47. The van der Waals surface area contributed by atoms with E-state index in [4.69, 9.17) is 9.11 Å². The molecule has 0 aliphatic heterocycles. The van der Waals surface area contributed by atoms with Gasteiger partial charge in [0.15, 0.2) is 0 Å². The average molecular weight is 254 g/mol. The molecule has 15 heavy (non-hydrogen) atoms. The Morgan fingerprint density at radius 1 is 1.27 bits per heavy atom. The third-order valence-electron chi connectivity index (χ3n) is 1.95. The van der Waals surface area contributed by atoms with Gasteiger partial charge in [-0.15, -0.1) is 0 Å². The molecular formula is C7H10O6S2. The third kappa shape index (κ3) is 3.13. The average Bonchev–Trinajstić information content (AvgIpc) is 1.99. The van der Waals surface area contributed by atoms with Crippen LogP contribution < -0.4 is 0 Å². The Labute approximate surface area is 87.8 Å². The largest absolute Gasteiger partial charge is 0.290 e. The maximum Gasteiger partial charge on any atom is 0.290 e. The molecule has 6 nitrogen and oxygen atoms in total. The van der Waals surface area contributed by atoms with E-state index in [1.54, 1.807) is 0 Å². The minimum Gasteiger partial charge on any atom is -0.285 e. The summed E-state index contributed by atoms with van der Waals surface area (Å²) in [6, 6.07) is 0. The van der Waals surface area contributed by atoms with E-state index in [2.05, 4.69) is 0 Å². The van der Waals surface area contributed by atoms with Crippen molar-refractivity contribution in [3.8, 4) is 0 Å². The quantitative estimate of drug-likeness (QED) is 0.689. The first-order valence-electron chi connectivity index (χ1n) is 3.93. The lowest BCUT2D eigenvalue weighted by Crippen LogP contribution is -2.23. The van der Waals surface area contributed by atoms with E-state index in [-0.39, 0.29) is 0 Å². The molecular weight excluding hydrogens is 244 g/mol. The lowest BCUT2D eigenvalue weighted by atomic mass is 10.1. The van der Waals surface area contributed by atoms with Crippen LogP contribution in [-0.4, -0.2) is 31.2 Å². The first kappa shape index (κ1) is 12.4. The van der Waals surface area contributed by atoms with Crippen LogP contribution in [0.2, 0.25) is 0 Å². The van der Waals surface area contributed by atoms with E-state index < -0.39 is 36.8 Å². The SMILES string of the molecule is CC1=CC(S(=O)(=O)O)CC(S(=O)(=O)O)=C1. The molecule has 0 bridgehead atoms. The second-order valence-corrected chi connectivity index (χ2v) is 6.36.